The van der Waals surface area contributed by atoms with E-state index < -0.39 is 0 Å². The zero-order valence-corrected chi connectivity index (χ0v) is 11.2. The molecule has 0 saturated carbocycles. The molecule has 0 fully saturated rings. The van der Waals surface area contributed by atoms with E-state index in [0.29, 0.717) is 19.1 Å². The predicted molar refractivity (Wildman–Crippen MR) is 67.0 cm³/mol. The third kappa shape index (κ3) is 5.30. The fourth-order valence-electron chi connectivity index (χ4n) is 0.992. The Kier molecular flexibility index (Phi) is 5.28. The summed E-state index contributed by atoms with van der Waals surface area (Å²) in [5.74, 6) is 0.0354. The Morgan fingerprint density at radius 2 is 2.33 bits per heavy atom. The van der Waals surface area contributed by atoms with Gasteiger partial charge in [-0.15, -0.1) is 11.3 Å². The molecule has 1 heterocycles. The van der Waals surface area contributed by atoms with Gasteiger partial charge < -0.3 is 10.6 Å². The smallest absolute Gasteiger partial charge is 0.234 e. The summed E-state index contributed by atoms with van der Waals surface area (Å²) in [5, 5.41) is 7.93. The zero-order valence-electron chi connectivity index (χ0n) is 8.84. The van der Waals surface area contributed by atoms with E-state index in [1.165, 1.54) is 0 Å². The Balaban J connectivity index is 2.22. The van der Waals surface area contributed by atoms with Crippen molar-refractivity contribution in [1.29, 1.82) is 0 Å². The van der Waals surface area contributed by atoms with Gasteiger partial charge in [0.15, 0.2) is 0 Å². The monoisotopic (exact) mass is 290 g/mol. The van der Waals surface area contributed by atoms with Gasteiger partial charge in [0, 0.05) is 20.8 Å². The molecule has 5 heteroatoms. The van der Waals surface area contributed by atoms with Crippen molar-refractivity contribution in [3.63, 3.8) is 0 Å². The molecule has 0 spiro atoms. The maximum absolute atomic E-state index is 11.3. The molecule has 0 aliphatic rings. The third-order valence-corrected chi connectivity index (χ3v) is 3.45. The molecule has 84 valence electrons. The fraction of sp³-hybridized carbons (Fsp3) is 0.500. The quantitative estimate of drug-likeness (QED) is 0.872. The number of thiophene rings is 1. The minimum atomic E-state index is 0.0354. The average Bonchev–Trinajstić information content (AvgIpc) is 2.58. The Labute approximate surface area is 102 Å². The van der Waals surface area contributed by atoms with E-state index in [0.717, 1.165) is 9.35 Å². The van der Waals surface area contributed by atoms with Crippen LogP contribution in [0.3, 0.4) is 0 Å². The number of halogens is 1. The van der Waals surface area contributed by atoms with Gasteiger partial charge in [-0.25, -0.2) is 0 Å². The molecule has 0 aliphatic heterocycles. The molecule has 1 aromatic rings. The molecule has 1 rings (SSSR count). The molecule has 1 amide bonds. The lowest BCUT2D eigenvalue weighted by Gasteiger charge is -2.07. The van der Waals surface area contributed by atoms with E-state index in [9.17, 15) is 4.79 Å². The van der Waals surface area contributed by atoms with Crippen LogP contribution in [0.4, 0.5) is 0 Å². The summed E-state index contributed by atoms with van der Waals surface area (Å²) in [6.07, 6.45) is 0. The highest BCUT2D eigenvalue weighted by molar-refractivity contribution is 9.10. The van der Waals surface area contributed by atoms with E-state index in [2.05, 4.69) is 26.6 Å². The van der Waals surface area contributed by atoms with Crippen LogP contribution in [0, 0.1) is 0 Å². The maximum Gasteiger partial charge on any atom is 0.234 e. The third-order valence-electron chi connectivity index (χ3n) is 1.75. The molecular formula is C10H15BrN2OS. The van der Waals surface area contributed by atoms with Gasteiger partial charge in [0.2, 0.25) is 5.91 Å². The van der Waals surface area contributed by atoms with Crippen LogP contribution in [0.15, 0.2) is 15.9 Å². The number of hydrogen-bond acceptors (Lipinski definition) is 3. The number of amides is 1. The lowest BCUT2D eigenvalue weighted by molar-refractivity contribution is -0.120. The topological polar surface area (TPSA) is 41.1 Å². The standard InChI is InChI=1S/C10H15BrN2OS/c1-7(2)12-5-10(14)13-4-9-3-8(11)6-15-9/h3,6-7,12H,4-5H2,1-2H3,(H,13,14). The molecule has 0 radical (unpaired) electrons. The largest absolute Gasteiger partial charge is 0.350 e. The molecule has 15 heavy (non-hydrogen) atoms. The minimum Gasteiger partial charge on any atom is -0.350 e. The lowest BCUT2D eigenvalue weighted by Crippen LogP contribution is -2.36. The molecule has 1 aromatic heterocycles. The van der Waals surface area contributed by atoms with Gasteiger partial charge in [0.25, 0.3) is 0 Å². The van der Waals surface area contributed by atoms with Crippen LogP contribution in [-0.4, -0.2) is 18.5 Å². The first kappa shape index (κ1) is 12.7. The summed E-state index contributed by atoms with van der Waals surface area (Å²) in [7, 11) is 0. The number of rotatable bonds is 5. The summed E-state index contributed by atoms with van der Waals surface area (Å²) in [5.41, 5.74) is 0. The summed E-state index contributed by atoms with van der Waals surface area (Å²) in [4.78, 5) is 12.5. The lowest BCUT2D eigenvalue weighted by atomic mass is 10.4. The molecule has 0 aliphatic carbocycles. The van der Waals surface area contributed by atoms with Crippen LogP contribution in [-0.2, 0) is 11.3 Å². The van der Waals surface area contributed by atoms with Crippen LogP contribution in [0.5, 0.6) is 0 Å². The number of carbonyl (C=O) groups excluding carboxylic acids is 1. The van der Waals surface area contributed by atoms with E-state index >= 15 is 0 Å². The van der Waals surface area contributed by atoms with Crippen molar-refractivity contribution in [2.45, 2.75) is 26.4 Å². The van der Waals surface area contributed by atoms with Gasteiger partial charge in [0.05, 0.1) is 13.1 Å². The van der Waals surface area contributed by atoms with Gasteiger partial charge in [-0.1, -0.05) is 13.8 Å². The van der Waals surface area contributed by atoms with Crippen LogP contribution in [0.25, 0.3) is 0 Å². The van der Waals surface area contributed by atoms with Crippen molar-refractivity contribution < 1.29 is 4.79 Å². The highest BCUT2D eigenvalue weighted by atomic mass is 79.9. The van der Waals surface area contributed by atoms with Crippen LogP contribution >= 0.6 is 27.3 Å². The van der Waals surface area contributed by atoms with Crippen LogP contribution in [0.1, 0.15) is 18.7 Å². The van der Waals surface area contributed by atoms with E-state index in [1.807, 2.05) is 25.3 Å². The molecule has 3 nitrogen and oxygen atoms in total. The van der Waals surface area contributed by atoms with Gasteiger partial charge in [-0.2, -0.15) is 0 Å². The molecular weight excluding hydrogens is 276 g/mol. The second-order valence-electron chi connectivity index (χ2n) is 3.54. The highest BCUT2D eigenvalue weighted by Gasteiger charge is 2.03. The van der Waals surface area contributed by atoms with Gasteiger partial charge in [-0.3, -0.25) is 4.79 Å². The fourth-order valence-corrected chi connectivity index (χ4v) is 2.38. The Bertz CT molecular complexity index is 325. The predicted octanol–water partition coefficient (Wildman–Crippen LogP) is 2.12. The summed E-state index contributed by atoms with van der Waals surface area (Å²) in [6, 6.07) is 2.35. The second kappa shape index (κ2) is 6.25. The van der Waals surface area contributed by atoms with E-state index in [1.54, 1.807) is 11.3 Å². The first-order valence-corrected chi connectivity index (χ1v) is 6.48. The van der Waals surface area contributed by atoms with Gasteiger partial charge in [-0.05, 0) is 22.0 Å². The van der Waals surface area contributed by atoms with Crippen molar-refractivity contribution in [2.75, 3.05) is 6.54 Å². The van der Waals surface area contributed by atoms with E-state index in [4.69, 9.17) is 0 Å². The van der Waals surface area contributed by atoms with Crippen molar-refractivity contribution in [2.24, 2.45) is 0 Å². The Morgan fingerprint density at radius 1 is 1.60 bits per heavy atom. The Hall–Kier alpha value is -0.390. The van der Waals surface area contributed by atoms with Crippen molar-refractivity contribution in [1.82, 2.24) is 10.6 Å². The zero-order chi connectivity index (χ0) is 11.3. The minimum absolute atomic E-state index is 0.0354. The summed E-state index contributed by atoms with van der Waals surface area (Å²) in [6.45, 7) is 5.02. The first-order valence-electron chi connectivity index (χ1n) is 4.81. The van der Waals surface area contributed by atoms with Crippen molar-refractivity contribution >= 4 is 33.2 Å². The maximum atomic E-state index is 11.3. The van der Waals surface area contributed by atoms with E-state index in [-0.39, 0.29) is 5.91 Å². The highest BCUT2D eigenvalue weighted by Crippen LogP contribution is 2.19. The molecule has 0 atom stereocenters. The van der Waals surface area contributed by atoms with Crippen molar-refractivity contribution in [3.05, 3.63) is 20.8 Å². The SMILES string of the molecule is CC(C)NCC(=O)NCc1cc(Br)cs1. The average molecular weight is 291 g/mol. The molecule has 0 aromatic carbocycles. The number of carbonyl (C=O) groups is 1. The second-order valence-corrected chi connectivity index (χ2v) is 5.46. The van der Waals surface area contributed by atoms with Crippen LogP contribution < -0.4 is 10.6 Å². The first-order chi connectivity index (χ1) is 7.08. The molecule has 0 saturated heterocycles. The van der Waals surface area contributed by atoms with Crippen LogP contribution in [0.2, 0.25) is 0 Å². The normalized spacial score (nSPS) is 10.7. The van der Waals surface area contributed by atoms with Gasteiger partial charge in [0.1, 0.15) is 0 Å². The number of nitrogens with one attached hydrogen (secondary N) is 2. The molecule has 0 bridgehead atoms. The molecule has 0 unspecified atom stereocenters. The molecule has 2 N–H and O–H groups in total. The Morgan fingerprint density at radius 3 is 2.87 bits per heavy atom. The van der Waals surface area contributed by atoms with Gasteiger partial charge >= 0.3 is 0 Å². The number of hydrogen-bond donors (Lipinski definition) is 2. The van der Waals surface area contributed by atoms with Crippen molar-refractivity contribution in [3.8, 4) is 0 Å². The summed E-state index contributed by atoms with van der Waals surface area (Å²) >= 11 is 5.01. The summed E-state index contributed by atoms with van der Waals surface area (Å²) < 4.78 is 1.07.